The molecule has 26 heavy (non-hydrogen) atoms. The van der Waals surface area contributed by atoms with Crippen molar-refractivity contribution in [2.45, 2.75) is 0 Å². The van der Waals surface area contributed by atoms with Crippen LogP contribution in [0.5, 0.6) is 0 Å². The lowest BCUT2D eigenvalue weighted by Gasteiger charge is -2.34. The van der Waals surface area contributed by atoms with Gasteiger partial charge in [-0.25, -0.2) is 0 Å². The van der Waals surface area contributed by atoms with E-state index in [1.165, 1.54) is 0 Å². The van der Waals surface area contributed by atoms with Gasteiger partial charge in [0.2, 0.25) is 0 Å². The first-order valence-corrected chi connectivity index (χ1v) is 8.82. The quantitative estimate of drug-likeness (QED) is 0.693. The third-order valence-electron chi connectivity index (χ3n) is 4.56. The molecule has 5 nitrogen and oxygen atoms in total. The van der Waals surface area contributed by atoms with E-state index in [0.717, 1.165) is 5.39 Å². The molecular weight excluding hydrogens is 352 g/mol. The van der Waals surface area contributed by atoms with Gasteiger partial charge < -0.3 is 14.2 Å². The summed E-state index contributed by atoms with van der Waals surface area (Å²) in [5, 5.41) is 1.44. The predicted molar refractivity (Wildman–Crippen MR) is 99.5 cm³/mol. The molecule has 2 aromatic carbocycles. The highest BCUT2D eigenvalue weighted by Crippen LogP contribution is 2.21. The molecule has 0 bridgehead atoms. The first kappa shape index (κ1) is 16.7. The lowest BCUT2D eigenvalue weighted by molar-refractivity contribution is 0.0519. The number of carbonyl (C=O) groups excluding carboxylic acids is 2. The van der Waals surface area contributed by atoms with Crippen LogP contribution in [-0.4, -0.2) is 47.8 Å². The van der Waals surface area contributed by atoms with Gasteiger partial charge >= 0.3 is 0 Å². The second kappa shape index (κ2) is 6.84. The Morgan fingerprint density at radius 3 is 2.23 bits per heavy atom. The number of piperazine rings is 1. The maximum Gasteiger partial charge on any atom is 0.289 e. The van der Waals surface area contributed by atoms with Crippen molar-refractivity contribution in [1.82, 2.24) is 9.80 Å². The number of para-hydroxylation sites is 1. The van der Waals surface area contributed by atoms with Gasteiger partial charge in [-0.15, -0.1) is 0 Å². The van der Waals surface area contributed by atoms with Crippen LogP contribution >= 0.6 is 11.6 Å². The van der Waals surface area contributed by atoms with Gasteiger partial charge in [-0.05, 0) is 30.3 Å². The number of amides is 2. The standard InChI is InChI=1S/C20H17ClN2O3/c21-16-6-3-5-15(12-16)19(24)22-8-10-23(11-9-22)20(25)18-13-14-4-1-2-7-17(14)26-18/h1-7,12-13H,8-11H2. The van der Waals surface area contributed by atoms with E-state index < -0.39 is 0 Å². The number of hydrogen-bond donors (Lipinski definition) is 0. The number of furan rings is 1. The van der Waals surface area contributed by atoms with Gasteiger partial charge in [-0.1, -0.05) is 35.9 Å². The summed E-state index contributed by atoms with van der Waals surface area (Å²) in [7, 11) is 0. The molecule has 2 heterocycles. The van der Waals surface area contributed by atoms with E-state index in [1.54, 1.807) is 40.1 Å². The molecule has 0 atom stereocenters. The SMILES string of the molecule is O=C(c1cccc(Cl)c1)N1CCN(C(=O)c2cc3ccccc3o2)CC1. The Morgan fingerprint density at radius 2 is 1.54 bits per heavy atom. The molecule has 1 saturated heterocycles. The molecular formula is C20H17ClN2O3. The zero-order valence-corrected chi connectivity index (χ0v) is 14.8. The van der Waals surface area contributed by atoms with Crippen LogP contribution in [0.3, 0.4) is 0 Å². The molecule has 2 amide bonds. The number of fused-ring (bicyclic) bond motifs is 1. The Hall–Kier alpha value is -2.79. The molecule has 1 aliphatic rings. The molecule has 0 N–H and O–H groups in total. The zero-order valence-electron chi connectivity index (χ0n) is 14.0. The van der Waals surface area contributed by atoms with Crippen molar-refractivity contribution in [2.75, 3.05) is 26.2 Å². The first-order valence-electron chi connectivity index (χ1n) is 8.44. The van der Waals surface area contributed by atoms with E-state index in [9.17, 15) is 9.59 Å². The second-order valence-corrected chi connectivity index (χ2v) is 6.68. The van der Waals surface area contributed by atoms with E-state index in [-0.39, 0.29) is 11.8 Å². The highest BCUT2D eigenvalue weighted by Gasteiger charge is 2.27. The monoisotopic (exact) mass is 368 g/mol. The molecule has 1 aromatic heterocycles. The van der Waals surface area contributed by atoms with Gasteiger partial charge in [0.15, 0.2) is 5.76 Å². The summed E-state index contributed by atoms with van der Waals surface area (Å²) in [6.07, 6.45) is 0. The van der Waals surface area contributed by atoms with E-state index in [1.807, 2.05) is 24.3 Å². The van der Waals surface area contributed by atoms with Crippen LogP contribution in [0, 0.1) is 0 Å². The smallest absolute Gasteiger partial charge is 0.289 e. The molecule has 1 aliphatic heterocycles. The third kappa shape index (κ3) is 3.18. The predicted octanol–water partition coefficient (Wildman–Crippen LogP) is 3.68. The van der Waals surface area contributed by atoms with Gasteiger partial charge in [-0.2, -0.15) is 0 Å². The minimum absolute atomic E-state index is 0.0664. The maximum atomic E-state index is 12.7. The number of carbonyl (C=O) groups is 2. The second-order valence-electron chi connectivity index (χ2n) is 6.24. The van der Waals surface area contributed by atoms with Crippen LogP contribution < -0.4 is 0 Å². The molecule has 1 fully saturated rings. The Balaban J connectivity index is 1.43. The normalized spacial score (nSPS) is 14.7. The fourth-order valence-corrected chi connectivity index (χ4v) is 3.35. The highest BCUT2D eigenvalue weighted by atomic mass is 35.5. The van der Waals surface area contributed by atoms with Crippen LogP contribution in [0.4, 0.5) is 0 Å². The summed E-state index contributed by atoms with van der Waals surface area (Å²) < 4.78 is 5.65. The van der Waals surface area contributed by atoms with Crippen molar-refractivity contribution >= 4 is 34.4 Å². The number of halogens is 1. The Kier molecular flexibility index (Phi) is 4.39. The number of hydrogen-bond acceptors (Lipinski definition) is 3. The first-order chi connectivity index (χ1) is 12.6. The van der Waals surface area contributed by atoms with Crippen molar-refractivity contribution in [2.24, 2.45) is 0 Å². The Morgan fingerprint density at radius 1 is 0.846 bits per heavy atom. The molecule has 0 saturated carbocycles. The van der Waals surface area contributed by atoms with Gasteiger partial charge in [0.1, 0.15) is 5.58 Å². The summed E-state index contributed by atoms with van der Waals surface area (Å²) in [4.78, 5) is 28.7. The molecule has 0 aliphatic carbocycles. The molecule has 132 valence electrons. The third-order valence-corrected chi connectivity index (χ3v) is 4.80. The number of rotatable bonds is 2. The largest absolute Gasteiger partial charge is 0.451 e. The maximum absolute atomic E-state index is 12.7. The number of nitrogens with zero attached hydrogens (tertiary/aromatic N) is 2. The van der Waals surface area contributed by atoms with Gasteiger partial charge in [0.05, 0.1) is 0 Å². The molecule has 3 aromatic rings. The summed E-state index contributed by atoms with van der Waals surface area (Å²) in [5.41, 5.74) is 1.26. The van der Waals surface area contributed by atoms with E-state index in [0.29, 0.717) is 48.1 Å². The van der Waals surface area contributed by atoms with Crippen molar-refractivity contribution in [3.63, 3.8) is 0 Å². The lowest BCUT2D eigenvalue weighted by Crippen LogP contribution is -2.50. The van der Waals surface area contributed by atoms with Crippen LogP contribution in [-0.2, 0) is 0 Å². The van der Waals surface area contributed by atoms with E-state index in [4.69, 9.17) is 16.0 Å². The van der Waals surface area contributed by atoms with Gasteiger partial charge in [-0.3, -0.25) is 9.59 Å². The van der Waals surface area contributed by atoms with Gasteiger partial charge in [0, 0.05) is 42.2 Å². The van der Waals surface area contributed by atoms with Crippen molar-refractivity contribution in [3.8, 4) is 0 Å². The molecule has 0 spiro atoms. The lowest BCUT2D eigenvalue weighted by atomic mass is 10.2. The topological polar surface area (TPSA) is 53.8 Å². The Bertz CT molecular complexity index is 941. The number of benzene rings is 2. The fraction of sp³-hybridized carbons (Fsp3) is 0.200. The van der Waals surface area contributed by atoms with Crippen molar-refractivity contribution in [3.05, 3.63) is 70.9 Å². The van der Waals surface area contributed by atoms with E-state index in [2.05, 4.69) is 0 Å². The Labute approximate surface area is 155 Å². The molecule has 6 heteroatoms. The van der Waals surface area contributed by atoms with Crippen LogP contribution in [0.2, 0.25) is 5.02 Å². The van der Waals surface area contributed by atoms with E-state index >= 15 is 0 Å². The molecule has 0 radical (unpaired) electrons. The minimum atomic E-state index is -0.143. The van der Waals surface area contributed by atoms with Crippen molar-refractivity contribution in [1.29, 1.82) is 0 Å². The van der Waals surface area contributed by atoms with Gasteiger partial charge in [0.25, 0.3) is 11.8 Å². The average molecular weight is 369 g/mol. The van der Waals surface area contributed by atoms with Crippen LogP contribution in [0.25, 0.3) is 11.0 Å². The molecule has 0 unspecified atom stereocenters. The van der Waals surface area contributed by atoms with Crippen molar-refractivity contribution < 1.29 is 14.0 Å². The summed E-state index contributed by atoms with van der Waals surface area (Å²) >= 11 is 5.96. The highest BCUT2D eigenvalue weighted by molar-refractivity contribution is 6.30. The summed E-state index contributed by atoms with van der Waals surface area (Å²) in [5.74, 6) is 0.125. The van der Waals surface area contributed by atoms with Crippen LogP contribution in [0.15, 0.2) is 59.0 Å². The summed E-state index contributed by atoms with van der Waals surface area (Å²) in [6.45, 7) is 1.92. The fourth-order valence-electron chi connectivity index (χ4n) is 3.16. The zero-order chi connectivity index (χ0) is 18.1. The van der Waals surface area contributed by atoms with Crippen LogP contribution in [0.1, 0.15) is 20.9 Å². The summed E-state index contributed by atoms with van der Waals surface area (Å²) in [6, 6.07) is 16.2. The average Bonchev–Trinajstić information content (AvgIpc) is 3.11. The minimum Gasteiger partial charge on any atom is -0.451 e. The molecule has 4 rings (SSSR count).